The monoisotopic (exact) mass is 356 g/mol. The second-order valence-corrected chi connectivity index (χ2v) is 6.87. The van der Waals surface area contributed by atoms with Crippen molar-refractivity contribution in [2.24, 2.45) is 0 Å². The summed E-state index contributed by atoms with van der Waals surface area (Å²) in [5.74, 6) is 0. The Morgan fingerprint density at radius 2 is 1.85 bits per heavy atom. The lowest BCUT2D eigenvalue weighted by molar-refractivity contribution is 0.565. The Kier molecular flexibility index (Phi) is 4.42. The van der Waals surface area contributed by atoms with Crippen LogP contribution in [0.3, 0.4) is 0 Å². The van der Waals surface area contributed by atoms with Gasteiger partial charge in [-0.3, -0.25) is 4.79 Å². The maximum Gasteiger partial charge on any atom is 0.246 e. The second-order valence-electron chi connectivity index (χ2n) is 4.27. The molecule has 7 heteroatoms. The standard InChI is InChI=1S/C13H13BrN2O3S/c1-9(10-2-4-11(14)5-3-10)16-20(18,19)13-8-15-7-6-12(13)17/h2-9,16H,1H3,(H,15,17)/t9-/m0/s1. The zero-order valence-corrected chi connectivity index (χ0v) is 13.0. The fourth-order valence-electron chi connectivity index (χ4n) is 1.73. The summed E-state index contributed by atoms with van der Waals surface area (Å²) in [4.78, 5) is 13.9. The van der Waals surface area contributed by atoms with E-state index >= 15 is 0 Å². The van der Waals surface area contributed by atoms with Gasteiger partial charge in [-0.2, -0.15) is 0 Å². The highest BCUT2D eigenvalue weighted by molar-refractivity contribution is 9.10. The lowest BCUT2D eigenvalue weighted by atomic mass is 10.1. The Labute approximate surface area is 125 Å². The van der Waals surface area contributed by atoms with Crippen molar-refractivity contribution < 1.29 is 8.42 Å². The van der Waals surface area contributed by atoms with Crippen molar-refractivity contribution in [2.75, 3.05) is 0 Å². The normalized spacial score (nSPS) is 13.1. The summed E-state index contributed by atoms with van der Waals surface area (Å²) in [6.45, 7) is 1.72. The predicted molar refractivity (Wildman–Crippen MR) is 79.9 cm³/mol. The molecule has 2 aromatic rings. The van der Waals surface area contributed by atoms with Crippen LogP contribution in [0.15, 0.2) is 56.9 Å². The van der Waals surface area contributed by atoms with E-state index in [4.69, 9.17) is 0 Å². The number of pyridine rings is 1. The van der Waals surface area contributed by atoms with Crippen molar-refractivity contribution in [3.63, 3.8) is 0 Å². The molecular weight excluding hydrogens is 344 g/mol. The van der Waals surface area contributed by atoms with Gasteiger partial charge in [0.25, 0.3) is 0 Å². The predicted octanol–water partition coefficient (Wildman–Crippen LogP) is 2.18. The zero-order valence-electron chi connectivity index (χ0n) is 10.6. The van der Waals surface area contributed by atoms with E-state index in [2.05, 4.69) is 25.6 Å². The highest BCUT2D eigenvalue weighted by Crippen LogP contribution is 2.18. The van der Waals surface area contributed by atoms with Gasteiger partial charge in [-0.1, -0.05) is 28.1 Å². The van der Waals surface area contributed by atoms with Crippen molar-refractivity contribution in [3.8, 4) is 0 Å². The molecule has 1 atom stereocenters. The van der Waals surface area contributed by atoms with Crippen molar-refractivity contribution in [3.05, 3.63) is 63.0 Å². The summed E-state index contributed by atoms with van der Waals surface area (Å²) in [6.07, 6.45) is 2.57. The molecule has 2 N–H and O–H groups in total. The van der Waals surface area contributed by atoms with Crippen LogP contribution in [0, 0.1) is 0 Å². The molecule has 0 aliphatic carbocycles. The number of hydrogen-bond acceptors (Lipinski definition) is 3. The Hall–Kier alpha value is -1.44. The second kappa shape index (κ2) is 5.90. The number of aromatic nitrogens is 1. The SMILES string of the molecule is C[C@H](NS(=O)(=O)c1c[nH]ccc1=O)c1ccc(Br)cc1. The Morgan fingerprint density at radius 3 is 2.45 bits per heavy atom. The minimum absolute atomic E-state index is 0.288. The first-order valence-electron chi connectivity index (χ1n) is 5.85. The molecule has 0 aliphatic rings. The summed E-state index contributed by atoms with van der Waals surface area (Å²) in [6, 6.07) is 8.02. The molecule has 20 heavy (non-hydrogen) atoms. The highest BCUT2D eigenvalue weighted by atomic mass is 79.9. The lowest BCUT2D eigenvalue weighted by Gasteiger charge is -2.14. The largest absolute Gasteiger partial charge is 0.366 e. The Morgan fingerprint density at radius 1 is 1.20 bits per heavy atom. The van der Waals surface area contributed by atoms with Crippen LogP contribution in [-0.4, -0.2) is 13.4 Å². The molecule has 0 amide bonds. The fraction of sp³-hybridized carbons (Fsp3) is 0.154. The van der Waals surface area contributed by atoms with Gasteiger partial charge in [-0.15, -0.1) is 0 Å². The third kappa shape index (κ3) is 3.36. The first-order chi connectivity index (χ1) is 9.40. The van der Waals surface area contributed by atoms with Crippen molar-refractivity contribution in [1.82, 2.24) is 9.71 Å². The molecule has 0 spiro atoms. The highest BCUT2D eigenvalue weighted by Gasteiger charge is 2.20. The Bertz CT molecular complexity index is 754. The molecular formula is C13H13BrN2O3S. The van der Waals surface area contributed by atoms with Gasteiger partial charge in [0, 0.05) is 29.0 Å². The summed E-state index contributed by atoms with van der Waals surface area (Å²) < 4.78 is 27.7. The van der Waals surface area contributed by atoms with Gasteiger partial charge in [0.05, 0.1) is 0 Å². The molecule has 0 bridgehead atoms. The average Bonchev–Trinajstić information content (AvgIpc) is 2.39. The number of halogens is 1. The van der Waals surface area contributed by atoms with Crippen LogP contribution in [0.5, 0.6) is 0 Å². The number of H-pyrrole nitrogens is 1. The van der Waals surface area contributed by atoms with E-state index < -0.39 is 21.5 Å². The molecule has 0 radical (unpaired) electrons. The van der Waals surface area contributed by atoms with Crippen LogP contribution >= 0.6 is 15.9 Å². The Balaban J connectivity index is 2.27. The third-order valence-corrected chi connectivity index (χ3v) is 4.87. The van der Waals surface area contributed by atoms with Gasteiger partial charge >= 0.3 is 0 Å². The van der Waals surface area contributed by atoms with Gasteiger partial charge in [0.1, 0.15) is 4.90 Å². The summed E-state index contributed by atoms with van der Waals surface area (Å²) in [7, 11) is -3.85. The molecule has 106 valence electrons. The molecule has 2 rings (SSSR count). The number of rotatable bonds is 4. The molecule has 0 saturated carbocycles. The van der Waals surface area contributed by atoms with E-state index in [-0.39, 0.29) is 4.90 Å². The zero-order chi connectivity index (χ0) is 14.8. The van der Waals surface area contributed by atoms with Gasteiger partial charge in [0.2, 0.25) is 15.5 Å². The van der Waals surface area contributed by atoms with Crippen LogP contribution in [0.4, 0.5) is 0 Å². The van der Waals surface area contributed by atoms with Crippen LogP contribution in [-0.2, 0) is 10.0 Å². The minimum Gasteiger partial charge on any atom is -0.366 e. The first kappa shape index (κ1) is 15.0. The van der Waals surface area contributed by atoms with E-state index in [0.717, 1.165) is 10.0 Å². The molecule has 5 nitrogen and oxygen atoms in total. The summed E-state index contributed by atoms with van der Waals surface area (Å²) in [5.41, 5.74) is 0.267. The number of benzene rings is 1. The number of aromatic amines is 1. The van der Waals surface area contributed by atoms with E-state index in [1.807, 2.05) is 24.3 Å². The van der Waals surface area contributed by atoms with Crippen LogP contribution < -0.4 is 10.2 Å². The average molecular weight is 357 g/mol. The summed E-state index contributed by atoms with van der Waals surface area (Å²) in [5, 5.41) is 0. The van der Waals surface area contributed by atoms with Crippen LogP contribution in [0.25, 0.3) is 0 Å². The molecule has 0 saturated heterocycles. The fourth-order valence-corrected chi connectivity index (χ4v) is 3.28. The molecule has 0 fully saturated rings. The van der Waals surface area contributed by atoms with Crippen LogP contribution in [0.2, 0.25) is 0 Å². The van der Waals surface area contributed by atoms with Gasteiger partial charge in [0.15, 0.2) is 0 Å². The van der Waals surface area contributed by atoms with Gasteiger partial charge < -0.3 is 4.98 Å². The molecule has 1 heterocycles. The summed E-state index contributed by atoms with van der Waals surface area (Å²) >= 11 is 3.32. The van der Waals surface area contributed by atoms with E-state index in [1.165, 1.54) is 18.5 Å². The maximum atomic E-state index is 12.2. The van der Waals surface area contributed by atoms with E-state index in [0.29, 0.717) is 0 Å². The lowest BCUT2D eigenvalue weighted by Crippen LogP contribution is -2.30. The molecule has 0 aliphatic heterocycles. The van der Waals surface area contributed by atoms with Gasteiger partial charge in [-0.25, -0.2) is 13.1 Å². The molecule has 1 aromatic carbocycles. The van der Waals surface area contributed by atoms with Crippen molar-refractivity contribution >= 4 is 26.0 Å². The van der Waals surface area contributed by atoms with E-state index in [9.17, 15) is 13.2 Å². The van der Waals surface area contributed by atoms with Crippen molar-refractivity contribution in [1.29, 1.82) is 0 Å². The topological polar surface area (TPSA) is 79.0 Å². The maximum absolute atomic E-state index is 12.2. The van der Waals surface area contributed by atoms with Crippen LogP contribution in [0.1, 0.15) is 18.5 Å². The van der Waals surface area contributed by atoms with Gasteiger partial charge in [-0.05, 0) is 24.6 Å². The number of sulfonamides is 1. The third-order valence-electron chi connectivity index (χ3n) is 2.78. The number of hydrogen-bond donors (Lipinski definition) is 2. The van der Waals surface area contributed by atoms with Crippen molar-refractivity contribution in [2.45, 2.75) is 17.9 Å². The number of nitrogens with one attached hydrogen (secondary N) is 2. The minimum atomic E-state index is -3.85. The quantitative estimate of drug-likeness (QED) is 0.880. The first-order valence-corrected chi connectivity index (χ1v) is 8.12. The van der Waals surface area contributed by atoms with E-state index in [1.54, 1.807) is 6.92 Å². The smallest absolute Gasteiger partial charge is 0.246 e. The molecule has 1 aromatic heterocycles. The molecule has 0 unspecified atom stereocenters.